The van der Waals surface area contributed by atoms with Crippen molar-refractivity contribution in [2.75, 3.05) is 18.2 Å². The molecule has 1 amide bonds. The first-order valence-electron chi connectivity index (χ1n) is 16.0. The lowest BCUT2D eigenvalue weighted by Gasteiger charge is -2.13. The molecule has 1 atom stereocenters. The molecular weight excluding hydrogens is 726 g/mol. The summed E-state index contributed by atoms with van der Waals surface area (Å²) >= 11 is 4.96. The van der Waals surface area contributed by atoms with Crippen molar-refractivity contribution in [3.05, 3.63) is 134 Å². The molecule has 4 aromatic rings. The summed E-state index contributed by atoms with van der Waals surface area (Å²) in [6.45, 7) is 1.51. The van der Waals surface area contributed by atoms with E-state index in [2.05, 4.69) is 10.2 Å². The molecule has 0 saturated carbocycles. The number of carbonyl (C=O) groups excluding carboxylic acids is 3. The molecule has 0 aromatic heterocycles. The van der Waals surface area contributed by atoms with Crippen LogP contribution in [0.4, 0.5) is 10.1 Å². The molecule has 0 heterocycles. The van der Waals surface area contributed by atoms with E-state index in [1.807, 2.05) is 25.1 Å². The Kier molecular flexibility index (Phi) is 12.2. The van der Waals surface area contributed by atoms with Crippen LogP contribution in [0.1, 0.15) is 58.8 Å². The minimum absolute atomic E-state index is 0.0183. The molecule has 53 heavy (non-hydrogen) atoms. The molecule has 0 aliphatic heterocycles. The number of nitrogens with zero attached hydrogens (tertiary/aromatic N) is 1. The first-order chi connectivity index (χ1) is 25.3. The van der Waals surface area contributed by atoms with Gasteiger partial charge in [-0.1, -0.05) is 30.4 Å². The molecule has 3 N–H and O–H groups in total. The number of ether oxygens (including phenoxy) is 2. The van der Waals surface area contributed by atoms with Crippen LogP contribution in [0, 0.1) is 15.9 Å². The number of nitrogens with one attached hydrogen (secondary N) is 1. The van der Waals surface area contributed by atoms with Crippen LogP contribution < -0.4 is 20.5 Å². The molecule has 0 radical (unpaired) electrons. The second kappa shape index (κ2) is 17.0. The number of halogens is 1. The number of hydrogen-bond acceptors (Lipinski definition) is 10. The van der Waals surface area contributed by atoms with Crippen LogP contribution in [0.25, 0.3) is 17.2 Å². The molecule has 12 nitrogen and oxygen atoms in total. The Morgan fingerprint density at radius 1 is 0.981 bits per heavy atom. The van der Waals surface area contributed by atoms with Crippen molar-refractivity contribution in [1.82, 2.24) is 0 Å². The molecule has 0 fully saturated rings. The van der Waals surface area contributed by atoms with Gasteiger partial charge in [0.2, 0.25) is 5.91 Å². The molecule has 1 aliphatic rings. The van der Waals surface area contributed by atoms with Crippen LogP contribution >= 0.6 is 12.2 Å². The van der Waals surface area contributed by atoms with Crippen molar-refractivity contribution < 1.29 is 42.4 Å². The molecule has 0 spiro atoms. The number of hydrogen-bond donors (Lipinski definition) is 2. The van der Waals surface area contributed by atoms with Gasteiger partial charge in [-0.2, -0.15) is 0 Å². The van der Waals surface area contributed by atoms with E-state index in [9.17, 15) is 33.1 Å². The highest BCUT2D eigenvalue weighted by Gasteiger charge is 2.26. The standard InChI is InChI=1S/C38H32FN3O9S2/c1-22-30(18-23-5-13-28(14-6-23)53(2)48)29-15-9-25(39)19-32(29)31(22)21-35(43)41-26-10-16-34(51-36(44)4-3-17-49-42(46)47)33(20-26)38(45)50-27-11-7-24(8-12-27)37(40)52/h5-16,18-20H,3-4,17,21H2,1-2H3,(H2,40,52)(H,41,43). The van der Waals surface area contributed by atoms with Gasteiger partial charge in [-0.15, -0.1) is 10.1 Å². The molecule has 4 aromatic carbocycles. The Morgan fingerprint density at radius 3 is 2.36 bits per heavy atom. The lowest BCUT2D eigenvalue weighted by atomic mass is 10.0. The molecule has 272 valence electrons. The predicted molar refractivity (Wildman–Crippen MR) is 200 cm³/mol. The highest BCUT2D eigenvalue weighted by molar-refractivity contribution is 7.84. The quantitative estimate of drug-likeness (QED) is 0.0351. The summed E-state index contributed by atoms with van der Waals surface area (Å²) in [5.74, 6) is -2.71. The smallest absolute Gasteiger partial charge is 0.347 e. The minimum atomic E-state index is -1.13. The van der Waals surface area contributed by atoms with Crippen LogP contribution in [0.5, 0.6) is 11.5 Å². The van der Waals surface area contributed by atoms with Gasteiger partial charge >= 0.3 is 11.9 Å². The average molecular weight is 758 g/mol. The third-order valence-electron chi connectivity index (χ3n) is 8.09. The first kappa shape index (κ1) is 38.2. The van der Waals surface area contributed by atoms with E-state index in [-0.39, 0.29) is 53.6 Å². The van der Waals surface area contributed by atoms with Gasteiger partial charge in [0, 0.05) is 39.6 Å². The fourth-order valence-corrected chi connectivity index (χ4v) is 6.16. The zero-order valence-electron chi connectivity index (χ0n) is 28.4. The second-order valence-corrected chi connectivity index (χ2v) is 13.5. The van der Waals surface area contributed by atoms with Crippen molar-refractivity contribution in [2.24, 2.45) is 5.73 Å². The predicted octanol–water partition coefficient (Wildman–Crippen LogP) is 6.67. The molecule has 1 unspecified atom stereocenters. The van der Waals surface area contributed by atoms with Crippen molar-refractivity contribution in [2.45, 2.75) is 31.1 Å². The Bertz CT molecular complexity index is 2200. The lowest BCUT2D eigenvalue weighted by molar-refractivity contribution is -0.757. The molecule has 0 saturated heterocycles. The normalized spacial score (nSPS) is 13.2. The van der Waals surface area contributed by atoms with Crippen LogP contribution in [0.2, 0.25) is 0 Å². The van der Waals surface area contributed by atoms with Gasteiger partial charge in [0.05, 0.1) is 13.0 Å². The minimum Gasteiger partial charge on any atom is -0.426 e. The maximum Gasteiger partial charge on any atom is 0.347 e. The zero-order valence-corrected chi connectivity index (χ0v) is 30.0. The number of benzene rings is 4. The summed E-state index contributed by atoms with van der Waals surface area (Å²) in [6, 6.07) is 21.7. The third-order valence-corrected chi connectivity index (χ3v) is 9.26. The number of amides is 1. The van der Waals surface area contributed by atoms with E-state index in [0.29, 0.717) is 21.6 Å². The molecule has 1 aliphatic carbocycles. The average Bonchev–Trinajstić information content (AvgIpc) is 3.36. The van der Waals surface area contributed by atoms with E-state index in [1.165, 1.54) is 42.5 Å². The number of fused-ring (bicyclic) bond motifs is 1. The summed E-state index contributed by atoms with van der Waals surface area (Å²) in [5, 5.41) is 12.2. The maximum absolute atomic E-state index is 14.5. The number of esters is 2. The highest BCUT2D eigenvalue weighted by atomic mass is 32.2. The SMILES string of the molecule is CC1=C(CC(=O)Nc2ccc(OC(=O)CCCO[N+](=O)[O-])c(C(=O)Oc3ccc(C(N)=S)cc3)c2)c2cc(F)ccc2C1=Cc1ccc(S(C)=O)cc1. The summed E-state index contributed by atoms with van der Waals surface area (Å²) in [4.78, 5) is 54.9. The van der Waals surface area contributed by atoms with Gasteiger partial charge in [0.15, 0.2) is 0 Å². The number of carbonyl (C=O) groups is 3. The number of rotatable bonds is 14. The number of allylic oxidation sites excluding steroid dienone is 2. The van der Waals surface area contributed by atoms with Crippen LogP contribution in [0.3, 0.4) is 0 Å². The Hall–Kier alpha value is -6.06. The molecule has 15 heteroatoms. The monoisotopic (exact) mass is 757 g/mol. The fourth-order valence-electron chi connectivity index (χ4n) is 5.50. The topological polar surface area (TPSA) is 177 Å². The molecule has 5 rings (SSSR count). The van der Waals surface area contributed by atoms with Gasteiger partial charge in [0.1, 0.15) is 27.9 Å². The van der Waals surface area contributed by atoms with Gasteiger partial charge in [-0.05, 0) is 120 Å². The van der Waals surface area contributed by atoms with Crippen molar-refractivity contribution in [3.63, 3.8) is 0 Å². The van der Waals surface area contributed by atoms with Gasteiger partial charge < -0.3 is 25.4 Å². The highest BCUT2D eigenvalue weighted by Crippen LogP contribution is 2.44. The van der Waals surface area contributed by atoms with Gasteiger partial charge in [0.25, 0.3) is 5.09 Å². The zero-order chi connectivity index (χ0) is 38.2. The van der Waals surface area contributed by atoms with E-state index < -0.39 is 39.5 Å². The van der Waals surface area contributed by atoms with Crippen molar-refractivity contribution in [1.29, 1.82) is 0 Å². The van der Waals surface area contributed by atoms with E-state index in [4.69, 9.17) is 27.4 Å². The van der Waals surface area contributed by atoms with E-state index >= 15 is 0 Å². The summed E-state index contributed by atoms with van der Waals surface area (Å²) in [7, 11) is -1.13. The number of nitrogens with two attached hydrogens (primary N) is 1. The largest absolute Gasteiger partial charge is 0.426 e. The lowest BCUT2D eigenvalue weighted by Crippen LogP contribution is -2.17. The molecular formula is C38H32FN3O9S2. The first-order valence-corrected chi connectivity index (χ1v) is 17.9. The van der Waals surface area contributed by atoms with E-state index in [1.54, 1.807) is 36.6 Å². The van der Waals surface area contributed by atoms with Gasteiger partial charge in [-0.25, -0.2) is 9.18 Å². The maximum atomic E-state index is 14.5. The van der Waals surface area contributed by atoms with Crippen LogP contribution in [0.15, 0.2) is 95.4 Å². The summed E-state index contributed by atoms with van der Waals surface area (Å²) < 4.78 is 37.3. The molecule has 0 bridgehead atoms. The van der Waals surface area contributed by atoms with Crippen LogP contribution in [-0.2, 0) is 25.2 Å². The fraction of sp³-hybridized carbons (Fsp3) is 0.158. The summed E-state index contributed by atoms with van der Waals surface area (Å²) in [6.07, 6.45) is 3.10. The Morgan fingerprint density at radius 2 is 1.70 bits per heavy atom. The number of anilines is 1. The second-order valence-electron chi connectivity index (χ2n) is 11.7. The van der Waals surface area contributed by atoms with Crippen LogP contribution in [-0.4, -0.2) is 45.0 Å². The third kappa shape index (κ3) is 9.84. The van der Waals surface area contributed by atoms with Gasteiger partial charge in [-0.3, -0.25) is 13.8 Å². The Labute approximate surface area is 311 Å². The number of thiocarbonyl (C=S) groups is 1. The van der Waals surface area contributed by atoms with Crippen molar-refractivity contribution >= 4 is 68.8 Å². The summed E-state index contributed by atoms with van der Waals surface area (Å²) in [5.41, 5.74) is 10.5. The van der Waals surface area contributed by atoms with Crippen molar-refractivity contribution in [3.8, 4) is 11.5 Å². The Balaban J connectivity index is 1.39. The van der Waals surface area contributed by atoms with E-state index in [0.717, 1.165) is 22.3 Å².